The molecule has 1 unspecified atom stereocenters. The van der Waals surface area contributed by atoms with Gasteiger partial charge in [-0.25, -0.2) is 4.79 Å². The Kier molecular flexibility index (Phi) is 5.82. The minimum absolute atomic E-state index is 0.114. The molecule has 1 aliphatic heterocycles. The summed E-state index contributed by atoms with van der Waals surface area (Å²) < 4.78 is 18.3. The molecule has 0 aromatic heterocycles. The number of ether oxygens (including phenoxy) is 1. The van der Waals surface area contributed by atoms with Crippen LogP contribution in [0.4, 0.5) is 0 Å². The Balaban J connectivity index is 1.85. The predicted octanol–water partition coefficient (Wildman–Crippen LogP) is 4.06. The molecule has 154 valence electrons. The molecule has 2 aliphatic rings. The molecule has 0 amide bonds. The summed E-state index contributed by atoms with van der Waals surface area (Å²) in [5, 5.41) is 0. The van der Waals surface area contributed by atoms with Crippen molar-refractivity contribution >= 4 is 28.6 Å². The normalized spacial score (nSPS) is 27.3. The molecule has 3 atom stereocenters. The minimum Gasteiger partial charge on any atom is -0.463 e. The van der Waals surface area contributed by atoms with Crippen molar-refractivity contribution in [3.8, 4) is 0 Å². The molecular formula is C25H24O4S. The minimum atomic E-state index is -1.27. The highest BCUT2D eigenvalue weighted by Crippen LogP contribution is 2.54. The molecule has 0 radical (unpaired) electrons. The standard InChI is InChI=1S/C25H24O4S/c1-2-29-24(27)22-14-13-21(19-11-7-4-8-12-19)25(22)17-30(28)16-20(23(25)26)15-18-9-5-3-6-10-18/h3-12,14-15,21H,2,13,16-17H2,1H3/b20-15+/t21-,25-,30?/m1/s1. The Hall–Kier alpha value is -2.79. The fraction of sp³-hybridized carbons (Fsp3) is 0.280. The van der Waals surface area contributed by atoms with Crippen LogP contribution in [0.3, 0.4) is 0 Å². The average molecular weight is 421 g/mol. The van der Waals surface area contributed by atoms with Gasteiger partial charge in [-0.15, -0.1) is 0 Å². The smallest absolute Gasteiger partial charge is 0.334 e. The molecule has 2 aromatic rings. The van der Waals surface area contributed by atoms with Gasteiger partial charge in [0.15, 0.2) is 5.78 Å². The predicted molar refractivity (Wildman–Crippen MR) is 118 cm³/mol. The zero-order valence-electron chi connectivity index (χ0n) is 16.9. The van der Waals surface area contributed by atoms with Crippen molar-refractivity contribution in [2.24, 2.45) is 5.41 Å². The van der Waals surface area contributed by atoms with E-state index >= 15 is 0 Å². The third kappa shape index (κ3) is 3.58. The van der Waals surface area contributed by atoms with Crippen molar-refractivity contribution in [3.05, 3.63) is 89.0 Å². The van der Waals surface area contributed by atoms with Gasteiger partial charge in [-0.3, -0.25) is 9.00 Å². The van der Waals surface area contributed by atoms with E-state index in [4.69, 9.17) is 4.74 Å². The van der Waals surface area contributed by atoms with Gasteiger partial charge in [0.05, 0.1) is 17.8 Å². The van der Waals surface area contributed by atoms with Crippen LogP contribution in [0.5, 0.6) is 0 Å². The lowest BCUT2D eigenvalue weighted by atomic mass is 9.67. The molecule has 0 bridgehead atoms. The molecule has 1 aliphatic carbocycles. The lowest BCUT2D eigenvalue weighted by Crippen LogP contribution is -2.48. The monoisotopic (exact) mass is 420 g/mol. The van der Waals surface area contributed by atoms with Gasteiger partial charge in [0, 0.05) is 33.6 Å². The second-order valence-corrected chi connectivity index (χ2v) is 9.10. The zero-order valence-corrected chi connectivity index (χ0v) is 17.7. The molecule has 1 heterocycles. The molecule has 1 fully saturated rings. The van der Waals surface area contributed by atoms with Crippen LogP contribution in [-0.2, 0) is 25.1 Å². The topological polar surface area (TPSA) is 60.4 Å². The maximum Gasteiger partial charge on any atom is 0.334 e. The molecule has 1 spiro atoms. The summed E-state index contributed by atoms with van der Waals surface area (Å²) in [4.78, 5) is 26.8. The van der Waals surface area contributed by atoms with E-state index in [1.54, 1.807) is 6.92 Å². The van der Waals surface area contributed by atoms with E-state index in [2.05, 4.69) is 0 Å². The maximum atomic E-state index is 14.0. The molecule has 4 nitrogen and oxygen atoms in total. The number of hydrogen-bond acceptors (Lipinski definition) is 4. The quantitative estimate of drug-likeness (QED) is 0.553. The number of carbonyl (C=O) groups excluding carboxylic acids is 2. The van der Waals surface area contributed by atoms with Gasteiger partial charge in [0.2, 0.25) is 0 Å². The summed E-state index contributed by atoms with van der Waals surface area (Å²) in [5.74, 6) is -0.497. The second-order valence-electron chi connectivity index (χ2n) is 7.65. The van der Waals surface area contributed by atoms with Crippen LogP contribution in [0, 0.1) is 5.41 Å². The van der Waals surface area contributed by atoms with E-state index in [-0.39, 0.29) is 29.8 Å². The molecule has 5 heteroatoms. The summed E-state index contributed by atoms with van der Waals surface area (Å²) >= 11 is 0. The van der Waals surface area contributed by atoms with Gasteiger partial charge in [0.25, 0.3) is 0 Å². The third-order valence-electron chi connectivity index (χ3n) is 5.87. The third-order valence-corrected chi connectivity index (χ3v) is 7.28. The van der Waals surface area contributed by atoms with Gasteiger partial charge in [-0.1, -0.05) is 66.7 Å². The summed E-state index contributed by atoms with van der Waals surface area (Å²) in [5.41, 5.74) is 1.56. The highest BCUT2D eigenvalue weighted by molar-refractivity contribution is 7.85. The van der Waals surface area contributed by atoms with Crippen LogP contribution < -0.4 is 0 Å². The number of rotatable bonds is 4. The Bertz CT molecular complexity index is 1040. The van der Waals surface area contributed by atoms with E-state index in [0.29, 0.717) is 17.6 Å². The first kappa shape index (κ1) is 20.5. The summed E-state index contributed by atoms with van der Waals surface area (Å²) in [6.45, 7) is 1.97. The van der Waals surface area contributed by atoms with Crippen molar-refractivity contribution in [2.75, 3.05) is 18.1 Å². The molecule has 0 saturated carbocycles. The Labute approximate surface area is 179 Å². The summed E-state index contributed by atoms with van der Waals surface area (Å²) in [6, 6.07) is 19.3. The van der Waals surface area contributed by atoms with Crippen molar-refractivity contribution in [3.63, 3.8) is 0 Å². The molecule has 1 saturated heterocycles. The number of benzene rings is 2. The van der Waals surface area contributed by atoms with Gasteiger partial charge >= 0.3 is 5.97 Å². The first-order valence-corrected chi connectivity index (χ1v) is 11.6. The Morgan fingerprint density at radius 3 is 2.47 bits per heavy atom. The largest absolute Gasteiger partial charge is 0.463 e. The number of esters is 1. The number of carbonyl (C=O) groups is 2. The number of hydrogen-bond donors (Lipinski definition) is 0. The Morgan fingerprint density at radius 2 is 1.80 bits per heavy atom. The summed E-state index contributed by atoms with van der Waals surface area (Å²) in [7, 11) is -1.27. The van der Waals surface area contributed by atoms with E-state index in [9.17, 15) is 13.8 Å². The summed E-state index contributed by atoms with van der Waals surface area (Å²) in [6.07, 6.45) is 4.17. The van der Waals surface area contributed by atoms with Gasteiger partial charge in [-0.2, -0.15) is 0 Å². The van der Waals surface area contributed by atoms with Gasteiger partial charge in [0.1, 0.15) is 0 Å². The number of Topliss-reactive ketones (excluding diaryl/α,β-unsaturated/α-hetero) is 1. The number of ketones is 1. The fourth-order valence-corrected chi connectivity index (χ4v) is 6.26. The lowest BCUT2D eigenvalue weighted by molar-refractivity contribution is -0.141. The highest BCUT2D eigenvalue weighted by Gasteiger charge is 2.57. The fourth-order valence-electron chi connectivity index (χ4n) is 4.60. The molecule has 30 heavy (non-hydrogen) atoms. The van der Waals surface area contributed by atoms with Crippen molar-refractivity contribution in [2.45, 2.75) is 19.3 Å². The zero-order chi connectivity index (χ0) is 21.1. The molecular weight excluding hydrogens is 396 g/mol. The first-order chi connectivity index (χ1) is 14.6. The van der Waals surface area contributed by atoms with E-state index in [0.717, 1.165) is 11.1 Å². The van der Waals surface area contributed by atoms with Gasteiger partial charge < -0.3 is 4.74 Å². The van der Waals surface area contributed by atoms with Crippen LogP contribution in [0.15, 0.2) is 77.9 Å². The van der Waals surface area contributed by atoms with Crippen LogP contribution in [-0.4, -0.2) is 34.1 Å². The highest BCUT2D eigenvalue weighted by atomic mass is 32.2. The Morgan fingerprint density at radius 1 is 1.13 bits per heavy atom. The molecule has 2 aromatic carbocycles. The van der Waals surface area contributed by atoms with Crippen LogP contribution in [0.2, 0.25) is 0 Å². The van der Waals surface area contributed by atoms with Crippen LogP contribution >= 0.6 is 0 Å². The van der Waals surface area contributed by atoms with E-state index < -0.39 is 22.2 Å². The molecule has 0 N–H and O–H groups in total. The lowest BCUT2D eigenvalue weighted by Gasteiger charge is -2.39. The molecule has 4 rings (SSSR count). The first-order valence-electron chi connectivity index (χ1n) is 10.1. The average Bonchev–Trinajstić information content (AvgIpc) is 3.13. The SMILES string of the molecule is CCOC(=O)C1=CC[C@H](c2ccccc2)[C@]12CS(=O)C/C(=C\c1ccccc1)C2=O. The van der Waals surface area contributed by atoms with Crippen molar-refractivity contribution in [1.82, 2.24) is 0 Å². The van der Waals surface area contributed by atoms with Gasteiger partial charge in [-0.05, 0) is 30.5 Å². The van der Waals surface area contributed by atoms with Crippen molar-refractivity contribution < 1.29 is 18.5 Å². The van der Waals surface area contributed by atoms with E-state index in [1.165, 1.54) is 0 Å². The van der Waals surface area contributed by atoms with Crippen molar-refractivity contribution in [1.29, 1.82) is 0 Å². The van der Waals surface area contributed by atoms with Crippen LogP contribution in [0.1, 0.15) is 30.4 Å². The second kappa shape index (κ2) is 8.52. The number of allylic oxidation sites excluding steroid dienone is 1. The maximum absolute atomic E-state index is 14.0. The van der Waals surface area contributed by atoms with Crippen LogP contribution in [0.25, 0.3) is 6.08 Å². The van der Waals surface area contributed by atoms with E-state index in [1.807, 2.05) is 72.8 Å².